The first-order chi connectivity index (χ1) is 9.85. The van der Waals surface area contributed by atoms with Gasteiger partial charge in [0.15, 0.2) is 0 Å². The zero-order chi connectivity index (χ0) is 13.8. The molecule has 0 aromatic rings. The van der Waals surface area contributed by atoms with E-state index in [4.69, 9.17) is 4.74 Å². The summed E-state index contributed by atoms with van der Waals surface area (Å²) in [5.74, 6) is 0. The number of nitrogens with one attached hydrogen (secondary N) is 1. The van der Waals surface area contributed by atoms with Crippen LogP contribution in [0.1, 0.15) is 58.3 Å². The van der Waals surface area contributed by atoms with E-state index in [0.29, 0.717) is 11.5 Å². The lowest BCUT2D eigenvalue weighted by atomic mass is 9.51. The second kappa shape index (κ2) is 6.76. The zero-order valence-electron chi connectivity index (χ0n) is 13.2. The number of piperidine rings is 1. The van der Waals surface area contributed by atoms with E-state index in [-0.39, 0.29) is 0 Å². The maximum absolute atomic E-state index is 5.92. The van der Waals surface area contributed by atoms with Crippen LogP contribution in [0, 0.1) is 5.41 Å². The van der Waals surface area contributed by atoms with E-state index < -0.39 is 0 Å². The number of likely N-dealkylation sites (tertiary alicyclic amines) is 1. The molecule has 1 heterocycles. The summed E-state index contributed by atoms with van der Waals surface area (Å²) in [7, 11) is 0. The summed E-state index contributed by atoms with van der Waals surface area (Å²) in [4.78, 5) is 2.65. The molecular weight excluding hydrogens is 248 g/mol. The molecular formula is C17H32N2O. The Morgan fingerprint density at radius 1 is 1.15 bits per heavy atom. The predicted octanol–water partition coefficient (Wildman–Crippen LogP) is 2.80. The molecule has 1 aliphatic heterocycles. The molecule has 0 aromatic heterocycles. The number of hydrogen-bond donors (Lipinski definition) is 1. The van der Waals surface area contributed by atoms with Gasteiger partial charge in [-0.2, -0.15) is 0 Å². The van der Waals surface area contributed by atoms with Crippen LogP contribution in [0.4, 0.5) is 0 Å². The Balaban J connectivity index is 1.33. The first-order valence-corrected chi connectivity index (χ1v) is 8.92. The van der Waals surface area contributed by atoms with Gasteiger partial charge >= 0.3 is 0 Å². The smallest absolute Gasteiger partial charge is 0.0661 e. The molecule has 2 aliphatic carbocycles. The number of ether oxygens (including phenoxy) is 1. The van der Waals surface area contributed by atoms with E-state index in [1.165, 1.54) is 77.5 Å². The molecule has 0 radical (unpaired) electrons. The molecule has 2 unspecified atom stereocenters. The summed E-state index contributed by atoms with van der Waals surface area (Å²) in [6.07, 6.45) is 11.6. The second-order valence-electron chi connectivity index (χ2n) is 7.03. The van der Waals surface area contributed by atoms with E-state index >= 15 is 0 Å². The third-order valence-corrected chi connectivity index (χ3v) is 5.93. The van der Waals surface area contributed by atoms with Gasteiger partial charge in [0.05, 0.1) is 6.10 Å². The molecule has 3 rings (SSSR count). The lowest BCUT2D eigenvalue weighted by molar-refractivity contribution is -0.172. The summed E-state index contributed by atoms with van der Waals surface area (Å²) in [6, 6.07) is 0.745. The van der Waals surface area contributed by atoms with Crippen molar-refractivity contribution in [3.63, 3.8) is 0 Å². The van der Waals surface area contributed by atoms with Crippen molar-refractivity contribution in [1.29, 1.82) is 0 Å². The van der Waals surface area contributed by atoms with Crippen molar-refractivity contribution < 1.29 is 4.74 Å². The van der Waals surface area contributed by atoms with Gasteiger partial charge in [0.25, 0.3) is 0 Å². The molecule has 0 bridgehead atoms. The molecule has 0 amide bonds. The van der Waals surface area contributed by atoms with Crippen LogP contribution in [0.15, 0.2) is 0 Å². The first-order valence-electron chi connectivity index (χ1n) is 8.92. The minimum absolute atomic E-state index is 0.529. The fraction of sp³-hybridized carbons (Fsp3) is 1.00. The van der Waals surface area contributed by atoms with E-state index in [9.17, 15) is 0 Å². The molecule has 3 fully saturated rings. The Hall–Kier alpha value is -0.120. The third-order valence-electron chi connectivity index (χ3n) is 5.93. The number of hydrogen-bond acceptors (Lipinski definition) is 3. The monoisotopic (exact) mass is 280 g/mol. The molecule has 3 heteroatoms. The van der Waals surface area contributed by atoms with Gasteiger partial charge in [-0.1, -0.05) is 12.8 Å². The minimum atomic E-state index is 0.529. The zero-order valence-corrected chi connectivity index (χ0v) is 13.2. The van der Waals surface area contributed by atoms with Gasteiger partial charge in [0.2, 0.25) is 0 Å². The minimum Gasteiger partial charge on any atom is -0.378 e. The van der Waals surface area contributed by atoms with Crippen LogP contribution < -0.4 is 5.32 Å². The van der Waals surface area contributed by atoms with Crippen molar-refractivity contribution >= 4 is 0 Å². The van der Waals surface area contributed by atoms with Crippen LogP contribution in [0.3, 0.4) is 0 Å². The highest BCUT2D eigenvalue weighted by molar-refractivity contribution is 5.12. The Bertz CT molecular complexity index is 297. The Morgan fingerprint density at radius 2 is 1.95 bits per heavy atom. The number of rotatable bonds is 7. The van der Waals surface area contributed by atoms with Gasteiger partial charge in [0.1, 0.15) is 0 Å². The van der Waals surface area contributed by atoms with Gasteiger partial charge in [-0.25, -0.2) is 0 Å². The number of nitrogens with zero attached hydrogens (tertiary/aromatic N) is 1. The molecule has 0 aromatic carbocycles. The highest BCUT2D eigenvalue weighted by Gasteiger charge is 2.58. The van der Waals surface area contributed by atoms with Crippen molar-refractivity contribution in [1.82, 2.24) is 10.2 Å². The van der Waals surface area contributed by atoms with Crippen LogP contribution in [0.5, 0.6) is 0 Å². The highest BCUT2D eigenvalue weighted by atomic mass is 16.5. The molecule has 1 spiro atoms. The molecule has 2 atom stereocenters. The van der Waals surface area contributed by atoms with Crippen molar-refractivity contribution in [2.45, 2.75) is 70.4 Å². The van der Waals surface area contributed by atoms with Crippen LogP contribution in [0.2, 0.25) is 0 Å². The lowest BCUT2D eigenvalue weighted by Gasteiger charge is -2.61. The Labute approximate surface area is 124 Å². The van der Waals surface area contributed by atoms with Gasteiger partial charge in [-0.15, -0.1) is 0 Å². The van der Waals surface area contributed by atoms with Gasteiger partial charge in [-0.05, 0) is 71.6 Å². The molecule has 3 aliphatic rings. The molecule has 20 heavy (non-hydrogen) atoms. The van der Waals surface area contributed by atoms with Crippen LogP contribution in [-0.2, 0) is 4.74 Å². The fourth-order valence-corrected chi connectivity index (χ4v) is 4.49. The summed E-state index contributed by atoms with van der Waals surface area (Å²) in [5, 5.41) is 3.83. The van der Waals surface area contributed by atoms with Gasteiger partial charge in [0, 0.05) is 18.1 Å². The Kier molecular flexibility index (Phi) is 5.00. The van der Waals surface area contributed by atoms with Gasteiger partial charge < -0.3 is 15.0 Å². The van der Waals surface area contributed by atoms with Crippen LogP contribution in [0.25, 0.3) is 0 Å². The summed E-state index contributed by atoms with van der Waals surface area (Å²) < 4.78 is 5.92. The van der Waals surface area contributed by atoms with Gasteiger partial charge in [-0.3, -0.25) is 0 Å². The fourth-order valence-electron chi connectivity index (χ4n) is 4.49. The summed E-state index contributed by atoms with van der Waals surface area (Å²) in [6.45, 7) is 8.17. The third kappa shape index (κ3) is 2.90. The van der Waals surface area contributed by atoms with Crippen LogP contribution >= 0.6 is 0 Å². The lowest BCUT2D eigenvalue weighted by Crippen LogP contribution is -2.67. The average Bonchev–Trinajstić information content (AvgIpc) is 2.40. The predicted molar refractivity (Wildman–Crippen MR) is 83.0 cm³/mol. The van der Waals surface area contributed by atoms with Crippen molar-refractivity contribution in [2.24, 2.45) is 5.41 Å². The molecule has 3 nitrogen and oxygen atoms in total. The first kappa shape index (κ1) is 14.8. The maximum atomic E-state index is 5.92. The largest absolute Gasteiger partial charge is 0.378 e. The van der Waals surface area contributed by atoms with E-state index in [1.807, 2.05) is 0 Å². The van der Waals surface area contributed by atoms with E-state index in [0.717, 1.165) is 12.6 Å². The SMILES string of the molecule is CCOC1CC(NCCCN2CCCCC2)C12CCC2. The Morgan fingerprint density at radius 3 is 2.60 bits per heavy atom. The highest BCUT2D eigenvalue weighted by Crippen LogP contribution is 2.57. The molecule has 116 valence electrons. The normalized spacial score (nSPS) is 32.9. The quantitative estimate of drug-likeness (QED) is 0.726. The topological polar surface area (TPSA) is 24.5 Å². The van der Waals surface area contributed by atoms with E-state index in [2.05, 4.69) is 17.1 Å². The van der Waals surface area contributed by atoms with Crippen molar-refractivity contribution in [2.75, 3.05) is 32.8 Å². The molecule has 1 N–H and O–H groups in total. The molecule has 2 saturated carbocycles. The average molecular weight is 280 g/mol. The molecule has 1 saturated heterocycles. The van der Waals surface area contributed by atoms with Crippen molar-refractivity contribution in [3.8, 4) is 0 Å². The van der Waals surface area contributed by atoms with E-state index in [1.54, 1.807) is 0 Å². The second-order valence-corrected chi connectivity index (χ2v) is 7.03. The maximum Gasteiger partial charge on any atom is 0.0661 e. The summed E-state index contributed by atoms with van der Waals surface area (Å²) in [5.41, 5.74) is 0.529. The van der Waals surface area contributed by atoms with Crippen molar-refractivity contribution in [3.05, 3.63) is 0 Å². The summed E-state index contributed by atoms with van der Waals surface area (Å²) >= 11 is 0. The standard InChI is InChI=1S/C17H32N2O/c1-2-20-16-14-15(17(16)8-6-9-17)18-10-7-13-19-11-4-3-5-12-19/h15-16,18H,2-14H2,1H3. The van der Waals surface area contributed by atoms with Crippen LogP contribution in [-0.4, -0.2) is 49.8 Å².